The summed E-state index contributed by atoms with van der Waals surface area (Å²) in [5.74, 6) is 1.03. The van der Waals surface area contributed by atoms with Gasteiger partial charge < -0.3 is 9.88 Å². The summed E-state index contributed by atoms with van der Waals surface area (Å²) in [4.78, 5) is 19.3. The first-order valence-electron chi connectivity index (χ1n) is 6.71. The summed E-state index contributed by atoms with van der Waals surface area (Å²) >= 11 is 1.83. The number of nitrogens with one attached hydrogen (secondary N) is 1. The minimum absolute atomic E-state index is 0.919. The van der Waals surface area contributed by atoms with Crippen molar-refractivity contribution >= 4 is 33.4 Å². The molecule has 21 heavy (non-hydrogen) atoms. The van der Waals surface area contributed by atoms with Gasteiger partial charge in [0.1, 0.15) is 12.0 Å². The Kier molecular flexibility index (Phi) is 3.08. The summed E-state index contributed by atoms with van der Waals surface area (Å²) in [7, 11) is 0. The van der Waals surface area contributed by atoms with E-state index in [2.05, 4.69) is 43.2 Å². The Morgan fingerprint density at radius 1 is 1.14 bits per heavy atom. The highest BCUT2D eigenvalue weighted by Gasteiger charge is 2.16. The summed E-state index contributed by atoms with van der Waals surface area (Å²) < 4.78 is 0. The van der Waals surface area contributed by atoms with E-state index in [1.54, 1.807) is 12.5 Å². The van der Waals surface area contributed by atoms with Crippen LogP contribution in [0.2, 0.25) is 0 Å². The largest absolute Gasteiger partial charge is 0.346 e. The van der Waals surface area contributed by atoms with Gasteiger partial charge in [-0.2, -0.15) is 0 Å². The van der Waals surface area contributed by atoms with Crippen molar-refractivity contribution in [2.75, 3.05) is 17.2 Å². The van der Waals surface area contributed by atoms with Crippen LogP contribution in [-0.4, -0.2) is 32.2 Å². The first kappa shape index (κ1) is 12.4. The number of aromatic nitrogens is 4. The standard InChI is InChI=1S/C15H13N5S/c1-5-17-15-11(1)13(3-6-18-15)20-7-8-21-14(9-20)12-2-4-16-10-19-12/h1-6,9-10H,7-8H2,(H,17,18). The normalized spacial score (nSPS) is 15.2. The van der Waals surface area contributed by atoms with Crippen LogP contribution >= 0.6 is 11.8 Å². The number of fused-ring (bicyclic) bond motifs is 1. The van der Waals surface area contributed by atoms with E-state index < -0.39 is 0 Å². The molecule has 6 heteroatoms. The molecular weight excluding hydrogens is 282 g/mol. The van der Waals surface area contributed by atoms with Crippen LogP contribution in [0.15, 0.2) is 49.3 Å². The molecule has 1 N–H and O–H groups in total. The lowest BCUT2D eigenvalue weighted by Gasteiger charge is -2.26. The second-order valence-electron chi connectivity index (χ2n) is 4.70. The highest BCUT2D eigenvalue weighted by molar-refractivity contribution is 8.08. The van der Waals surface area contributed by atoms with Crippen LogP contribution in [-0.2, 0) is 0 Å². The number of thioether (sulfide) groups is 1. The molecule has 0 saturated heterocycles. The van der Waals surface area contributed by atoms with E-state index in [9.17, 15) is 0 Å². The van der Waals surface area contributed by atoms with Crippen molar-refractivity contribution in [1.82, 2.24) is 19.9 Å². The van der Waals surface area contributed by atoms with Crippen LogP contribution < -0.4 is 4.90 Å². The average Bonchev–Trinajstić information content (AvgIpc) is 3.04. The fourth-order valence-corrected chi connectivity index (χ4v) is 3.44. The van der Waals surface area contributed by atoms with Gasteiger partial charge in [-0.3, -0.25) is 0 Å². The fraction of sp³-hybridized carbons (Fsp3) is 0.133. The molecular formula is C15H13N5S. The molecule has 0 radical (unpaired) electrons. The molecule has 0 unspecified atom stereocenters. The third-order valence-corrected chi connectivity index (χ3v) is 4.46. The molecule has 0 amide bonds. The number of rotatable bonds is 2. The lowest BCUT2D eigenvalue weighted by Crippen LogP contribution is -2.23. The van der Waals surface area contributed by atoms with Crippen LogP contribution in [0.3, 0.4) is 0 Å². The fourth-order valence-electron chi connectivity index (χ4n) is 2.46. The minimum atomic E-state index is 0.919. The van der Waals surface area contributed by atoms with Crippen LogP contribution in [0.5, 0.6) is 0 Å². The minimum Gasteiger partial charge on any atom is -0.346 e. The van der Waals surface area contributed by atoms with E-state index in [0.29, 0.717) is 0 Å². The first-order chi connectivity index (χ1) is 10.4. The first-order valence-corrected chi connectivity index (χ1v) is 7.70. The molecule has 0 saturated carbocycles. The monoisotopic (exact) mass is 295 g/mol. The van der Waals surface area contributed by atoms with Gasteiger partial charge in [-0.15, -0.1) is 11.8 Å². The molecule has 3 aromatic heterocycles. The highest BCUT2D eigenvalue weighted by Crippen LogP contribution is 2.34. The maximum atomic E-state index is 4.35. The Bertz CT molecular complexity index is 796. The van der Waals surface area contributed by atoms with Crippen molar-refractivity contribution < 1.29 is 0 Å². The smallest absolute Gasteiger partial charge is 0.139 e. The van der Waals surface area contributed by atoms with Crippen LogP contribution in [0, 0.1) is 0 Å². The van der Waals surface area contributed by atoms with Gasteiger partial charge in [0, 0.05) is 47.4 Å². The van der Waals surface area contributed by atoms with E-state index in [1.165, 1.54) is 10.6 Å². The molecule has 104 valence electrons. The van der Waals surface area contributed by atoms with E-state index >= 15 is 0 Å². The quantitative estimate of drug-likeness (QED) is 0.788. The Morgan fingerprint density at radius 2 is 2.14 bits per heavy atom. The number of nitrogens with zero attached hydrogens (tertiary/aromatic N) is 4. The van der Waals surface area contributed by atoms with Gasteiger partial charge in [-0.25, -0.2) is 15.0 Å². The molecule has 1 aliphatic heterocycles. The van der Waals surface area contributed by atoms with Gasteiger partial charge in [-0.1, -0.05) is 0 Å². The predicted octanol–water partition coefficient (Wildman–Crippen LogP) is 2.90. The lowest BCUT2D eigenvalue weighted by molar-refractivity contribution is 1.02. The van der Waals surface area contributed by atoms with Crippen molar-refractivity contribution in [2.24, 2.45) is 0 Å². The van der Waals surface area contributed by atoms with Crippen molar-refractivity contribution in [3.05, 3.63) is 55.0 Å². The van der Waals surface area contributed by atoms with Crippen molar-refractivity contribution in [2.45, 2.75) is 0 Å². The molecule has 0 fully saturated rings. The Hall–Kier alpha value is -2.34. The molecule has 5 nitrogen and oxygen atoms in total. The average molecular weight is 295 g/mol. The van der Waals surface area contributed by atoms with E-state index in [0.717, 1.165) is 29.0 Å². The number of anilines is 1. The summed E-state index contributed by atoms with van der Waals surface area (Å²) in [6.45, 7) is 0.976. The zero-order chi connectivity index (χ0) is 14.1. The molecule has 3 aromatic rings. The van der Waals surface area contributed by atoms with Gasteiger partial charge in [0.25, 0.3) is 0 Å². The topological polar surface area (TPSA) is 57.7 Å². The van der Waals surface area contributed by atoms with Gasteiger partial charge in [0.15, 0.2) is 0 Å². The second-order valence-corrected chi connectivity index (χ2v) is 5.84. The van der Waals surface area contributed by atoms with Crippen LogP contribution in [0.4, 0.5) is 5.69 Å². The number of pyridine rings is 1. The summed E-state index contributed by atoms with van der Waals surface area (Å²) in [5, 5.41) is 1.14. The SMILES string of the molecule is C1=C(c2ccncn2)SCCN1c1ccnc2[nH]ccc12. The van der Waals surface area contributed by atoms with E-state index in [-0.39, 0.29) is 0 Å². The maximum Gasteiger partial charge on any atom is 0.139 e. The Balaban J connectivity index is 1.77. The summed E-state index contributed by atoms with van der Waals surface area (Å²) in [5.41, 5.74) is 3.06. The van der Waals surface area contributed by atoms with Crippen molar-refractivity contribution in [3.8, 4) is 0 Å². The summed E-state index contributed by atoms with van der Waals surface area (Å²) in [6.07, 6.45) is 9.30. The molecule has 4 heterocycles. The van der Waals surface area contributed by atoms with Gasteiger partial charge in [0.2, 0.25) is 0 Å². The molecule has 4 rings (SSSR count). The van der Waals surface area contributed by atoms with Gasteiger partial charge >= 0.3 is 0 Å². The Labute approximate surface area is 126 Å². The third kappa shape index (κ3) is 2.27. The van der Waals surface area contributed by atoms with Crippen LogP contribution in [0.25, 0.3) is 15.9 Å². The molecule has 0 spiro atoms. The zero-order valence-electron chi connectivity index (χ0n) is 11.2. The van der Waals surface area contributed by atoms with Crippen molar-refractivity contribution in [1.29, 1.82) is 0 Å². The molecule has 0 atom stereocenters. The van der Waals surface area contributed by atoms with Crippen LogP contribution in [0.1, 0.15) is 5.69 Å². The molecule has 0 aliphatic carbocycles. The van der Waals surface area contributed by atoms with Gasteiger partial charge in [0.05, 0.1) is 11.4 Å². The van der Waals surface area contributed by atoms with E-state index in [4.69, 9.17) is 0 Å². The maximum absolute atomic E-state index is 4.35. The molecule has 1 aliphatic rings. The summed E-state index contributed by atoms with van der Waals surface area (Å²) in [6, 6.07) is 6.07. The van der Waals surface area contributed by atoms with Gasteiger partial charge in [-0.05, 0) is 18.2 Å². The lowest BCUT2D eigenvalue weighted by atomic mass is 10.2. The second kappa shape index (κ2) is 5.21. The van der Waals surface area contributed by atoms with E-state index in [1.807, 2.05) is 30.2 Å². The molecule has 0 bridgehead atoms. The number of aromatic amines is 1. The van der Waals surface area contributed by atoms with Crippen molar-refractivity contribution in [3.63, 3.8) is 0 Å². The highest BCUT2D eigenvalue weighted by atomic mass is 32.2. The number of H-pyrrole nitrogens is 1. The zero-order valence-corrected chi connectivity index (χ0v) is 12.0. The molecule has 0 aromatic carbocycles. The number of hydrogen-bond donors (Lipinski definition) is 1. The third-order valence-electron chi connectivity index (χ3n) is 3.44. The number of hydrogen-bond acceptors (Lipinski definition) is 5. The Morgan fingerprint density at radius 3 is 3.05 bits per heavy atom. The predicted molar refractivity (Wildman–Crippen MR) is 85.9 cm³/mol.